The lowest BCUT2D eigenvalue weighted by atomic mass is 9.91. The van der Waals surface area contributed by atoms with Crippen molar-refractivity contribution in [2.45, 2.75) is 56.4 Å². The maximum absolute atomic E-state index is 13.0. The lowest BCUT2D eigenvalue weighted by molar-refractivity contribution is 0.224. The second-order valence-electron chi connectivity index (χ2n) is 9.29. The van der Waals surface area contributed by atoms with Crippen molar-refractivity contribution in [3.63, 3.8) is 0 Å². The number of benzene rings is 3. The summed E-state index contributed by atoms with van der Waals surface area (Å²) in [6, 6.07) is 24.8. The first-order valence-corrected chi connectivity index (χ1v) is 14.5. The summed E-state index contributed by atoms with van der Waals surface area (Å²) in [5, 5.41) is 0. The number of nitrogens with zero attached hydrogens (tertiary/aromatic N) is 2. The van der Waals surface area contributed by atoms with E-state index in [4.69, 9.17) is 11.8 Å². The molecule has 4 rings (SSSR count). The van der Waals surface area contributed by atoms with Crippen LogP contribution < -0.4 is 0 Å². The highest BCUT2D eigenvalue weighted by molar-refractivity contribution is 7.90. The topological polar surface area (TPSA) is 40.6 Å². The van der Waals surface area contributed by atoms with E-state index >= 15 is 0 Å². The Hall–Kier alpha value is -2.18. The van der Waals surface area contributed by atoms with Crippen LogP contribution >= 0.6 is 11.8 Å². The highest BCUT2D eigenvalue weighted by Gasteiger charge is 2.24. The van der Waals surface area contributed by atoms with E-state index in [1.807, 2.05) is 30.3 Å². The Bertz CT molecular complexity index is 1160. The van der Waals surface area contributed by atoms with E-state index in [0.717, 1.165) is 39.8 Å². The molecule has 0 saturated carbocycles. The molecule has 1 aliphatic rings. The molecule has 1 saturated heterocycles. The molecular formula is C29H35ClN2O2S. The summed E-state index contributed by atoms with van der Waals surface area (Å²) in [4.78, 5) is 2.79. The zero-order chi connectivity index (χ0) is 24.5. The first-order chi connectivity index (χ1) is 17.1. The van der Waals surface area contributed by atoms with Gasteiger partial charge in [0.25, 0.3) is 10.0 Å². The highest BCUT2D eigenvalue weighted by Crippen LogP contribution is 2.30. The van der Waals surface area contributed by atoms with E-state index in [1.165, 1.54) is 50.9 Å². The van der Waals surface area contributed by atoms with Crippen LogP contribution in [0, 0.1) is 0 Å². The molecule has 3 aromatic rings. The van der Waals surface area contributed by atoms with Gasteiger partial charge in [-0.1, -0.05) is 79.6 Å². The summed E-state index contributed by atoms with van der Waals surface area (Å²) in [6.45, 7) is 3.78. The first kappa shape index (κ1) is 25.9. The van der Waals surface area contributed by atoms with Crippen molar-refractivity contribution < 1.29 is 8.42 Å². The van der Waals surface area contributed by atoms with Gasteiger partial charge in [0.1, 0.15) is 0 Å². The molecule has 186 valence electrons. The fourth-order valence-electron chi connectivity index (χ4n) is 4.89. The zero-order valence-corrected chi connectivity index (χ0v) is 21.9. The van der Waals surface area contributed by atoms with Crippen molar-refractivity contribution in [2.75, 3.05) is 19.6 Å². The van der Waals surface area contributed by atoms with Gasteiger partial charge in [-0.05, 0) is 97.9 Å². The molecule has 0 N–H and O–H groups in total. The highest BCUT2D eigenvalue weighted by atomic mass is 35.5. The van der Waals surface area contributed by atoms with Crippen LogP contribution in [0.2, 0.25) is 0 Å². The summed E-state index contributed by atoms with van der Waals surface area (Å²) >= 11 is 6.42. The largest absolute Gasteiger partial charge is 0.303 e. The van der Waals surface area contributed by atoms with Gasteiger partial charge >= 0.3 is 0 Å². The standard InChI is InChI=1S/C29H35ClN2O2S/c30-32(35(33,34)27-17-7-2-8-18-27)24-26-16-13-20-28(25-14-5-1-6-15-25)29(26)19-9-3-10-21-31-22-11-4-12-23-31/h1-2,5-8,13-18,20H,3-4,9-12,19,21-24H2. The van der Waals surface area contributed by atoms with E-state index in [0.29, 0.717) is 0 Å². The van der Waals surface area contributed by atoms with Crippen LogP contribution in [0.25, 0.3) is 11.1 Å². The van der Waals surface area contributed by atoms with E-state index in [1.54, 1.807) is 30.3 Å². The van der Waals surface area contributed by atoms with Crippen molar-refractivity contribution in [3.05, 3.63) is 90.0 Å². The SMILES string of the molecule is O=S(=O)(c1ccccc1)N(Cl)Cc1cccc(-c2ccccc2)c1CCCCCN1CCCCC1. The Balaban J connectivity index is 1.50. The van der Waals surface area contributed by atoms with Crippen LogP contribution in [0.4, 0.5) is 0 Å². The molecule has 0 aromatic heterocycles. The van der Waals surface area contributed by atoms with E-state index < -0.39 is 10.0 Å². The molecule has 1 heterocycles. The van der Waals surface area contributed by atoms with Gasteiger partial charge < -0.3 is 4.90 Å². The summed E-state index contributed by atoms with van der Waals surface area (Å²) in [5.74, 6) is 0. The van der Waals surface area contributed by atoms with Crippen LogP contribution in [-0.4, -0.2) is 36.8 Å². The number of rotatable bonds is 11. The third-order valence-electron chi connectivity index (χ3n) is 6.80. The zero-order valence-electron chi connectivity index (χ0n) is 20.3. The average Bonchev–Trinajstić information content (AvgIpc) is 2.90. The van der Waals surface area contributed by atoms with Crippen LogP contribution in [-0.2, 0) is 23.0 Å². The Morgan fingerprint density at radius 3 is 2.17 bits per heavy atom. The second-order valence-corrected chi connectivity index (χ2v) is 11.8. The number of halogens is 1. The van der Waals surface area contributed by atoms with E-state index in [-0.39, 0.29) is 11.4 Å². The summed E-state index contributed by atoms with van der Waals surface area (Å²) in [6.07, 6.45) is 8.35. The predicted octanol–water partition coefficient (Wildman–Crippen LogP) is 6.90. The van der Waals surface area contributed by atoms with Gasteiger partial charge in [0, 0.05) is 0 Å². The molecule has 1 fully saturated rings. The lowest BCUT2D eigenvalue weighted by Gasteiger charge is -2.26. The van der Waals surface area contributed by atoms with Crippen LogP contribution in [0.5, 0.6) is 0 Å². The molecule has 0 bridgehead atoms. The third kappa shape index (κ3) is 6.95. The number of unbranched alkanes of at least 4 members (excludes halogenated alkanes) is 2. The van der Waals surface area contributed by atoms with Gasteiger partial charge in [0.05, 0.1) is 11.4 Å². The molecular weight excluding hydrogens is 476 g/mol. The predicted molar refractivity (Wildman–Crippen MR) is 145 cm³/mol. The Morgan fingerprint density at radius 2 is 1.46 bits per heavy atom. The Labute approximate surface area is 215 Å². The average molecular weight is 511 g/mol. The minimum absolute atomic E-state index is 0.128. The second kappa shape index (κ2) is 12.7. The fourth-order valence-corrected chi connectivity index (χ4v) is 6.30. The maximum atomic E-state index is 13.0. The lowest BCUT2D eigenvalue weighted by Crippen LogP contribution is -2.30. The Morgan fingerprint density at radius 1 is 0.771 bits per heavy atom. The molecule has 4 nitrogen and oxygen atoms in total. The maximum Gasteiger partial charge on any atom is 0.256 e. The Kier molecular flexibility index (Phi) is 9.38. The quantitative estimate of drug-likeness (QED) is 0.208. The molecule has 3 aromatic carbocycles. The molecule has 0 unspecified atom stereocenters. The summed E-state index contributed by atoms with van der Waals surface area (Å²) < 4.78 is 27.0. The minimum atomic E-state index is -3.78. The van der Waals surface area contributed by atoms with E-state index in [2.05, 4.69) is 23.1 Å². The van der Waals surface area contributed by atoms with E-state index in [9.17, 15) is 8.42 Å². The number of piperidine rings is 1. The number of sulfonamides is 1. The smallest absolute Gasteiger partial charge is 0.256 e. The minimum Gasteiger partial charge on any atom is -0.303 e. The summed E-state index contributed by atoms with van der Waals surface area (Å²) in [5.41, 5.74) is 4.44. The third-order valence-corrected chi connectivity index (χ3v) is 8.99. The van der Waals surface area contributed by atoms with Gasteiger partial charge in [-0.2, -0.15) is 0 Å². The molecule has 0 atom stereocenters. The van der Waals surface area contributed by atoms with Crippen molar-refractivity contribution in [2.24, 2.45) is 0 Å². The van der Waals surface area contributed by atoms with Gasteiger partial charge in [0.2, 0.25) is 0 Å². The van der Waals surface area contributed by atoms with Crippen molar-refractivity contribution in [1.82, 2.24) is 8.72 Å². The van der Waals surface area contributed by atoms with Crippen LogP contribution in [0.15, 0.2) is 83.8 Å². The van der Waals surface area contributed by atoms with Crippen LogP contribution in [0.1, 0.15) is 49.7 Å². The van der Waals surface area contributed by atoms with Crippen LogP contribution in [0.3, 0.4) is 0 Å². The fraction of sp³-hybridized carbons (Fsp3) is 0.379. The van der Waals surface area contributed by atoms with Gasteiger partial charge in [-0.15, -0.1) is 3.82 Å². The van der Waals surface area contributed by atoms with Crippen molar-refractivity contribution in [3.8, 4) is 11.1 Å². The normalized spacial score (nSPS) is 14.9. The first-order valence-electron chi connectivity index (χ1n) is 12.7. The van der Waals surface area contributed by atoms with Gasteiger partial charge in [-0.25, -0.2) is 8.42 Å². The molecule has 35 heavy (non-hydrogen) atoms. The van der Waals surface area contributed by atoms with Crippen molar-refractivity contribution >= 4 is 21.8 Å². The number of hydrogen-bond donors (Lipinski definition) is 0. The monoisotopic (exact) mass is 510 g/mol. The van der Waals surface area contributed by atoms with Gasteiger partial charge in [-0.3, -0.25) is 0 Å². The molecule has 1 aliphatic heterocycles. The number of likely N-dealkylation sites (tertiary alicyclic amines) is 1. The molecule has 6 heteroatoms. The van der Waals surface area contributed by atoms with Crippen molar-refractivity contribution in [1.29, 1.82) is 0 Å². The molecule has 0 amide bonds. The summed E-state index contributed by atoms with van der Waals surface area (Å²) in [7, 11) is -3.78. The molecule has 0 spiro atoms. The van der Waals surface area contributed by atoms with Gasteiger partial charge in [0.15, 0.2) is 0 Å². The number of hydrogen-bond acceptors (Lipinski definition) is 3. The molecule has 0 radical (unpaired) electrons. The molecule has 0 aliphatic carbocycles.